The molecule has 0 spiro atoms. The summed E-state index contributed by atoms with van der Waals surface area (Å²) >= 11 is 0. The predicted molar refractivity (Wildman–Crippen MR) is 71.8 cm³/mol. The second-order valence-electron chi connectivity index (χ2n) is 5.97. The van der Waals surface area contributed by atoms with Crippen molar-refractivity contribution in [1.29, 1.82) is 0 Å². The molecule has 1 saturated heterocycles. The van der Waals surface area contributed by atoms with Gasteiger partial charge in [0.1, 0.15) is 11.6 Å². The van der Waals surface area contributed by atoms with E-state index < -0.39 is 29.7 Å². The molecule has 0 aromatic rings. The Labute approximate surface area is 119 Å². The molecule has 0 aromatic carbocycles. The third-order valence-corrected chi connectivity index (χ3v) is 2.91. The van der Waals surface area contributed by atoms with Gasteiger partial charge in [-0.15, -0.1) is 0 Å². The summed E-state index contributed by atoms with van der Waals surface area (Å²) in [5, 5.41) is 0. The van der Waals surface area contributed by atoms with E-state index in [9.17, 15) is 14.4 Å². The number of carbonyl (C=O) groups excluding carboxylic acids is 3. The Bertz CT molecular complexity index is 399. The number of amides is 1. The standard InChI is InChI=1S/C14H23NO5/c1-9(19-10(2)16)12(17)15-8-6-7-11(15)13(18)20-14(3,4)5/h9,11H,6-8H2,1-5H3/t9?,11-/m0/s1. The molecule has 0 saturated carbocycles. The van der Waals surface area contributed by atoms with Gasteiger partial charge in [0.15, 0.2) is 6.10 Å². The number of hydrogen-bond acceptors (Lipinski definition) is 5. The molecule has 1 unspecified atom stereocenters. The van der Waals surface area contributed by atoms with Crippen LogP contribution in [0.15, 0.2) is 0 Å². The second kappa shape index (κ2) is 6.24. The van der Waals surface area contributed by atoms with Crippen LogP contribution in [0.5, 0.6) is 0 Å². The van der Waals surface area contributed by atoms with Crippen molar-refractivity contribution in [2.45, 2.75) is 65.2 Å². The zero-order chi connectivity index (χ0) is 15.5. The van der Waals surface area contributed by atoms with Crippen LogP contribution >= 0.6 is 0 Å². The zero-order valence-electron chi connectivity index (χ0n) is 12.8. The number of carbonyl (C=O) groups is 3. The molecule has 0 radical (unpaired) electrons. The lowest BCUT2D eigenvalue weighted by atomic mass is 10.1. The highest BCUT2D eigenvalue weighted by Crippen LogP contribution is 2.22. The predicted octanol–water partition coefficient (Wildman–Crippen LogP) is 1.27. The lowest BCUT2D eigenvalue weighted by Crippen LogP contribution is -2.47. The van der Waals surface area contributed by atoms with Gasteiger partial charge < -0.3 is 14.4 Å². The Morgan fingerprint density at radius 3 is 2.35 bits per heavy atom. The van der Waals surface area contributed by atoms with Crippen LogP contribution in [0, 0.1) is 0 Å². The van der Waals surface area contributed by atoms with Gasteiger partial charge in [0.2, 0.25) is 0 Å². The van der Waals surface area contributed by atoms with Gasteiger partial charge in [0, 0.05) is 13.5 Å². The van der Waals surface area contributed by atoms with E-state index in [4.69, 9.17) is 9.47 Å². The molecule has 0 aromatic heterocycles. The number of likely N-dealkylation sites (tertiary alicyclic amines) is 1. The van der Waals surface area contributed by atoms with Gasteiger partial charge in [-0.2, -0.15) is 0 Å². The van der Waals surface area contributed by atoms with Gasteiger partial charge in [0.25, 0.3) is 5.91 Å². The average Bonchev–Trinajstić information content (AvgIpc) is 2.73. The summed E-state index contributed by atoms with van der Waals surface area (Å²) in [4.78, 5) is 36.6. The monoisotopic (exact) mass is 285 g/mol. The third-order valence-electron chi connectivity index (χ3n) is 2.91. The Morgan fingerprint density at radius 2 is 1.85 bits per heavy atom. The molecular formula is C14H23NO5. The molecule has 0 N–H and O–H groups in total. The molecule has 2 atom stereocenters. The van der Waals surface area contributed by atoms with Crippen LogP contribution in [-0.2, 0) is 23.9 Å². The van der Waals surface area contributed by atoms with Crippen LogP contribution < -0.4 is 0 Å². The highest BCUT2D eigenvalue weighted by atomic mass is 16.6. The Balaban J connectivity index is 2.71. The van der Waals surface area contributed by atoms with E-state index in [-0.39, 0.29) is 5.91 Å². The molecule has 1 rings (SSSR count). The summed E-state index contributed by atoms with van der Waals surface area (Å²) in [5.41, 5.74) is -0.587. The number of esters is 2. The van der Waals surface area contributed by atoms with E-state index in [2.05, 4.69) is 0 Å². The molecular weight excluding hydrogens is 262 g/mol. The van der Waals surface area contributed by atoms with E-state index in [0.29, 0.717) is 13.0 Å². The Morgan fingerprint density at radius 1 is 1.25 bits per heavy atom. The van der Waals surface area contributed by atoms with Gasteiger partial charge in [-0.3, -0.25) is 9.59 Å². The highest BCUT2D eigenvalue weighted by molar-refractivity contribution is 5.88. The van der Waals surface area contributed by atoms with E-state index in [1.54, 1.807) is 20.8 Å². The summed E-state index contributed by atoms with van der Waals surface area (Å²) in [6.07, 6.45) is 0.436. The molecule has 6 heteroatoms. The molecule has 1 heterocycles. The highest BCUT2D eigenvalue weighted by Gasteiger charge is 2.39. The molecule has 114 valence electrons. The smallest absolute Gasteiger partial charge is 0.329 e. The topological polar surface area (TPSA) is 72.9 Å². The summed E-state index contributed by atoms with van der Waals surface area (Å²) in [6.45, 7) is 8.59. The van der Waals surface area contributed by atoms with Crippen LogP contribution in [0.3, 0.4) is 0 Å². The van der Waals surface area contributed by atoms with Crippen molar-refractivity contribution >= 4 is 17.8 Å². The van der Waals surface area contributed by atoms with Crippen molar-refractivity contribution in [3.05, 3.63) is 0 Å². The fourth-order valence-electron chi connectivity index (χ4n) is 2.18. The van der Waals surface area contributed by atoms with Crippen LogP contribution in [0.25, 0.3) is 0 Å². The molecule has 1 aliphatic heterocycles. The molecule has 1 amide bonds. The van der Waals surface area contributed by atoms with Crippen molar-refractivity contribution in [1.82, 2.24) is 4.90 Å². The number of ether oxygens (including phenoxy) is 2. The Kier molecular flexibility index (Phi) is 5.14. The first-order valence-corrected chi connectivity index (χ1v) is 6.82. The quantitative estimate of drug-likeness (QED) is 0.730. The fraction of sp³-hybridized carbons (Fsp3) is 0.786. The lowest BCUT2D eigenvalue weighted by molar-refractivity contribution is -0.167. The molecule has 20 heavy (non-hydrogen) atoms. The minimum absolute atomic E-state index is 0.353. The minimum Gasteiger partial charge on any atom is -0.458 e. The maximum Gasteiger partial charge on any atom is 0.329 e. The van der Waals surface area contributed by atoms with Crippen LogP contribution in [0.1, 0.15) is 47.5 Å². The first kappa shape index (κ1) is 16.5. The molecule has 1 fully saturated rings. The van der Waals surface area contributed by atoms with E-state index in [0.717, 1.165) is 6.42 Å². The van der Waals surface area contributed by atoms with Crippen LogP contribution in [-0.4, -0.2) is 47.0 Å². The maximum absolute atomic E-state index is 12.2. The first-order chi connectivity index (χ1) is 9.11. The second-order valence-corrected chi connectivity index (χ2v) is 5.97. The summed E-state index contributed by atoms with van der Waals surface area (Å²) < 4.78 is 10.2. The summed E-state index contributed by atoms with van der Waals surface area (Å²) in [5.74, 6) is -1.27. The number of nitrogens with zero attached hydrogens (tertiary/aromatic N) is 1. The van der Waals surface area contributed by atoms with Crippen LogP contribution in [0.2, 0.25) is 0 Å². The molecule has 0 aliphatic carbocycles. The fourth-order valence-corrected chi connectivity index (χ4v) is 2.18. The normalized spacial score (nSPS) is 20.4. The van der Waals surface area contributed by atoms with E-state index in [1.165, 1.54) is 18.7 Å². The van der Waals surface area contributed by atoms with Crippen molar-refractivity contribution in [3.63, 3.8) is 0 Å². The van der Waals surface area contributed by atoms with Crippen molar-refractivity contribution in [3.8, 4) is 0 Å². The van der Waals surface area contributed by atoms with Gasteiger partial charge in [-0.05, 0) is 40.5 Å². The SMILES string of the molecule is CC(=O)OC(C)C(=O)N1CCC[C@H]1C(=O)OC(C)(C)C. The van der Waals surface area contributed by atoms with Crippen molar-refractivity contribution in [2.75, 3.05) is 6.54 Å². The first-order valence-electron chi connectivity index (χ1n) is 6.82. The van der Waals surface area contributed by atoms with Gasteiger partial charge >= 0.3 is 11.9 Å². The molecule has 1 aliphatic rings. The largest absolute Gasteiger partial charge is 0.458 e. The lowest BCUT2D eigenvalue weighted by Gasteiger charge is -2.28. The summed E-state index contributed by atoms with van der Waals surface area (Å²) in [6, 6.07) is -0.584. The van der Waals surface area contributed by atoms with Crippen LogP contribution in [0.4, 0.5) is 0 Å². The molecule has 6 nitrogen and oxygen atoms in total. The summed E-state index contributed by atoms with van der Waals surface area (Å²) in [7, 11) is 0. The zero-order valence-corrected chi connectivity index (χ0v) is 12.8. The number of rotatable bonds is 3. The Hall–Kier alpha value is -1.59. The minimum atomic E-state index is -0.879. The van der Waals surface area contributed by atoms with Gasteiger partial charge in [-0.25, -0.2) is 4.79 Å². The number of hydrogen-bond donors (Lipinski definition) is 0. The van der Waals surface area contributed by atoms with Gasteiger partial charge in [-0.1, -0.05) is 0 Å². The van der Waals surface area contributed by atoms with Gasteiger partial charge in [0.05, 0.1) is 0 Å². The van der Waals surface area contributed by atoms with Crippen molar-refractivity contribution in [2.24, 2.45) is 0 Å². The van der Waals surface area contributed by atoms with E-state index >= 15 is 0 Å². The average molecular weight is 285 g/mol. The maximum atomic E-state index is 12.2. The van der Waals surface area contributed by atoms with Crippen molar-refractivity contribution < 1.29 is 23.9 Å². The molecule has 0 bridgehead atoms. The van der Waals surface area contributed by atoms with E-state index in [1.807, 2.05) is 0 Å². The third kappa shape index (κ3) is 4.51.